The lowest BCUT2D eigenvalue weighted by molar-refractivity contribution is -0.123. The van der Waals surface area contributed by atoms with Crippen molar-refractivity contribution in [3.05, 3.63) is 72.4 Å². The second-order valence-corrected chi connectivity index (χ2v) is 8.14. The van der Waals surface area contributed by atoms with Gasteiger partial charge in [-0.2, -0.15) is 5.10 Å². The standard InChI is InChI=1S/C28H29N3O6/c1-34-20-7-5-19(6-8-20)23-16-30-31-28(23)22-10-9-21(15-24(22)32)37-17-27(33)29-13-12-18-4-11-25(35-2)26(14-18)36-3/h4-11,14-16,32H,12-13,17H2,1-3H3,(H,29,33)(H,30,31). The number of carbonyl (C=O) groups excluding carboxylic acids is 1. The Morgan fingerprint density at radius 3 is 2.35 bits per heavy atom. The molecule has 1 aromatic heterocycles. The molecule has 0 aliphatic rings. The highest BCUT2D eigenvalue weighted by atomic mass is 16.5. The van der Waals surface area contributed by atoms with E-state index in [0.29, 0.717) is 41.5 Å². The summed E-state index contributed by atoms with van der Waals surface area (Å²) in [7, 11) is 4.78. The second-order valence-electron chi connectivity index (χ2n) is 8.14. The lowest BCUT2D eigenvalue weighted by atomic mass is 10.0. The van der Waals surface area contributed by atoms with Crippen molar-refractivity contribution in [3.63, 3.8) is 0 Å². The van der Waals surface area contributed by atoms with E-state index in [9.17, 15) is 9.90 Å². The zero-order valence-electron chi connectivity index (χ0n) is 20.9. The van der Waals surface area contributed by atoms with Gasteiger partial charge in [0.25, 0.3) is 5.91 Å². The highest BCUT2D eigenvalue weighted by Crippen LogP contribution is 2.37. The molecule has 0 aliphatic heterocycles. The number of phenolic OH excluding ortho intramolecular Hbond substituents is 1. The molecular weight excluding hydrogens is 474 g/mol. The number of carbonyl (C=O) groups is 1. The molecule has 0 fully saturated rings. The van der Waals surface area contributed by atoms with Gasteiger partial charge in [-0.15, -0.1) is 0 Å². The summed E-state index contributed by atoms with van der Waals surface area (Å²) in [6.07, 6.45) is 2.33. The molecule has 0 spiro atoms. The number of amides is 1. The van der Waals surface area contributed by atoms with Crippen molar-refractivity contribution in [3.8, 4) is 51.1 Å². The summed E-state index contributed by atoms with van der Waals surface area (Å²) in [5.74, 6) is 2.17. The van der Waals surface area contributed by atoms with E-state index < -0.39 is 0 Å². The van der Waals surface area contributed by atoms with Crippen molar-refractivity contribution in [2.75, 3.05) is 34.5 Å². The largest absolute Gasteiger partial charge is 0.507 e. The third kappa shape index (κ3) is 6.13. The summed E-state index contributed by atoms with van der Waals surface area (Å²) in [6.45, 7) is 0.266. The summed E-state index contributed by atoms with van der Waals surface area (Å²) in [5, 5.41) is 20.6. The first kappa shape index (κ1) is 25.4. The van der Waals surface area contributed by atoms with Crippen LogP contribution in [0.1, 0.15) is 5.56 Å². The molecular formula is C28H29N3O6. The smallest absolute Gasteiger partial charge is 0.257 e. The predicted molar refractivity (Wildman–Crippen MR) is 139 cm³/mol. The van der Waals surface area contributed by atoms with E-state index in [2.05, 4.69) is 15.5 Å². The molecule has 192 valence electrons. The Kier molecular flexibility index (Phi) is 8.15. The number of methoxy groups -OCH3 is 3. The van der Waals surface area contributed by atoms with Crippen molar-refractivity contribution >= 4 is 5.91 Å². The van der Waals surface area contributed by atoms with Gasteiger partial charge in [0.05, 0.1) is 33.2 Å². The molecule has 4 aromatic rings. The third-order valence-corrected chi connectivity index (χ3v) is 5.83. The topological polar surface area (TPSA) is 115 Å². The summed E-state index contributed by atoms with van der Waals surface area (Å²) in [6, 6.07) is 18.1. The molecule has 0 radical (unpaired) electrons. The van der Waals surface area contributed by atoms with Crippen LogP contribution in [0, 0.1) is 0 Å². The molecule has 1 amide bonds. The molecule has 0 atom stereocenters. The number of nitrogens with one attached hydrogen (secondary N) is 2. The van der Waals surface area contributed by atoms with Crippen LogP contribution in [0.3, 0.4) is 0 Å². The van der Waals surface area contributed by atoms with Gasteiger partial charge in [-0.05, 0) is 53.9 Å². The molecule has 37 heavy (non-hydrogen) atoms. The normalized spacial score (nSPS) is 10.6. The summed E-state index contributed by atoms with van der Waals surface area (Å²) >= 11 is 0. The van der Waals surface area contributed by atoms with Crippen LogP contribution >= 0.6 is 0 Å². The first-order valence-corrected chi connectivity index (χ1v) is 11.6. The van der Waals surface area contributed by atoms with E-state index in [0.717, 1.165) is 22.4 Å². The first-order valence-electron chi connectivity index (χ1n) is 11.6. The SMILES string of the molecule is COc1ccc(-c2cn[nH]c2-c2ccc(OCC(=O)NCCc3ccc(OC)c(OC)c3)cc2O)cc1. The van der Waals surface area contributed by atoms with Gasteiger partial charge in [-0.1, -0.05) is 18.2 Å². The van der Waals surface area contributed by atoms with E-state index in [1.807, 2.05) is 42.5 Å². The lowest BCUT2D eigenvalue weighted by Crippen LogP contribution is -2.30. The van der Waals surface area contributed by atoms with Crippen molar-refractivity contribution in [2.45, 2.75) is 6.42 Å². The van der Waals surface area contributed by atoms with Gasteiger partial charge in [-0.25, -0.2) is 0 Å². The van der Waals surface area contributed by atoms with Crippen LogP contribution in [0.5, 0.6) is 28.7 Å². The van der Waals surface area contributed by atoms with Crippen LogP contribution in [0.4, 0.5) is 0 Å². The molecule has 3 aromatic carbocycles. The second kappa shape index (κ2) is 11.9. The van der Waals surface area contributed by atoms with Crippen LogP contribution in [-0.2, 0) is 11.2 Å². The maximum Gasteiger partial charge on any atom is 0.257 e. The van der Waals surface area contributed by atoms with Gasteiger partial charge in [0.15, 0.2) is 18.1 Å². The highest BCUT2D eigenvalue weighted by molar-refractivity contribution is 5.83. The quantitative estimate of drug-likeness (QED) is 0.281. The molecule has 0 aliphatic carbocycles. The number of H-pyrrole nitrogens is 1. The Morgan fingerprint density at radius 1 is 0.892 bits per heavy atom. The van der Waals surface area contributed by atoms with E-state index in [4.69, 9.17) is 18.9 Å². The number of aromatic amines is 1. The monoisotopic (exact) mass is 503 g/mol. The predicted octanol–water partition coefficient (Wildman–Crippen LogP) is 4.21. The zero-order chi connectivity index (χ0) is 26.2. The number of benzene rings is 3. The molecule has 3 N–H and O–H groups in total. The van der Waals surface area contributed by atoms with E-state index in [1.165, 1.54) is 6.07 Å². The number of aromatic nitrogens is 2. The van der Waals surface area contributed by atoms with Gasteiger partial charge < -0.3 is 29.4 Å². The number of ether oxygens (including phenoxy) is 4. The van der Waals surface area contributed by atoms with Gasteiger partial charge in [-0.3, -0.25) is 9.89 Å². The van der Waals surface area contributed by atoms with Gasteiger partial charge in [0.1, 0.15) is 17.2 Å². The van der Waals surface area contributed by atoms with Crippen molar-refractivity contribution in [1.29, 1.82) is 0 Å². The average Bonchev–Trinajstić information content (AvgIpc) is 3.41. The fourth-order valence-electron chi connectivity index (χ4n) is 3.88. The van der Waals surface area contributed by atoms with Crippen LogP contribution in [0.15, 0.2) is 66.9 Å². The van der Waals surface area contributed by atoms with Crippen LogP contribution in [-0.4, -0.2) is 55.7 Å². The average molecular weight is 504 g/mol. The maximum absolute atomic E-state index is 12.3. The molecule has 0 saturated heterocycles. The number of hydrogen-bond acceptors (Lipinski definition) is 7. The Balaban J connectivity index is 1.32. The van der Waals surface area contributed by atoms with E-state index in [-0.39, 0.29) is 18.3 Å². The van der Waals surface area contributed by atoms with Crippen LogP contribution in [0.25, 0.3) is 22.4 Å². The van der Waals surface area contributed by atoms with Crippen molar-refractivity contribution < 1.29 is 28.8 Å². The van der Waals surface area contributed by atoms with Gasteiger partial charge in [0.2, 0.25) is 0 Å². The Morgan fingerprint density at radius 2 is 1.65 bits per heavy atom. The van der Waals surface area contributed by atoms with Crippen LogP contribution < -0.4 is 24.3 Å². The highest BCUT2D eigenvalue weighted by Gasteiger charge is 2.15. The summed E-state index contributed by atoms with van der Waals surface area (Å²) < 4.78 is 21.3. The number of rotatable bonds is 11. The van der Waals surface area contributed by atoms with E-state index in [1.54, 1.807) is 39.7 Å². The number of phenols is 1. The molecule has 0 unspecified atom stereocenters. The Labute approximate surface area is 215 Å². The molecule has 9 heteroatoms. The number of nitrogens with zero attached hydrogens (tertiary/aromatic N) is 1. The minimum atomic E-state index is -0.264. The molecule has 0 bridgehead atoms. The first-order chi connectivity index (χ1) is 18.0. The minimum absolute atomic E-state index is 0.00497. The summed E-state index contributed by atoms with van der Waals surface area (Å²) in [5.41, 5.74) is 4.00. The van der Waals surface area contributed by atoms with Gasteiger partial charge >= 0.3 is 0 Å². The van der Waals surface area contributed by atoms with Crippen molar-refractivity contribution in [2.24, 2.45) is 0 Å². The minimum Gasteiger partial charge on any atom is -0.507 e. The van der Waals surface area contributed by atoms with Gasteiger partial charge in [0, 0.05) is 23.7 Å². The molecule has 1 heterocycles. The summed E-state index contributed by atoms with van der Waals surface area (Å²) in [4.78, 5) is 12.3. The number of aromatic hydroxyl groups is 1. The molecule has 4 rings (SSSR count). The Hall–Kier alpha value is -4.66. The van der Waals surface area contributed by atoms with E-state index >= 15 is 0 Å². The fourth-order valence-corrected chi connectivity index (χ4v) is 3.88. The maximum atomic E-state index is 12.3. The molecule has 9 nitrogen and oxygen atoms in total. The Bertz CT molecular complexity index is 1350. The van der Waals surface area contributed by atoms with Crippen LogP contribution in [0.2, 0.25) is 0 Å². The fraction of sp³-hybridized carbons (Fsp3) is 0.214. The van der Waals surface area contributed by atoms with Crippen molar-refractivity contribution in [1.82, 2.24) is 15.5 Å². The molecule has 0 saturated carbocycles. The lowest BCUT2D eigenvalue weighted by Gasteiger charge is -2.11. The third-order valence-electron chi connectivity index (χ3n) is 5.83. The zero-order valence-corrected chi connectivity index (χ0v) is 20.9. The number of hydrogen-bond donors (Lipinski definition) is 3.